The predicted molar refractivity (Wildman–Crippen MR) is 135 cm³/mol. The lowest BCUT2D eigenvalue weighted by Gasteiger charge is -2.33. The predicted octanol–water partition coefficient (Wildman–Crippen LogP) is 4.75. The molecule has 9 nitrogen and oxygen atoms in total. The topological polar surface area (TPSA) is 119 Å². The van der Waals surface area contributed by atoms with E-state index in [4.69, 9.17) is 4.74 Å². The van der Waals surface area contributed by atoms with Crippen LogP contribution in [-0.2, 0) is 23.1 Å². The van der Waals surface area contributed by atoms with Gasteiger partial charge in [-0.25, -0.2) is 14.8 Å². The number of anilines is 1. The van der Waals surface area contributed by atoms with Crippen LogP contribution in [0.25, 0.3) is 0 Å². The van der Waals surface area contributed by atoms with Gasteiger partial charge in [-0.3, -0.25) is 0 Å². The molecule has 2 heterocycles. The number of rotatable bonds is 9. The van der Waals surface area contributed by atoms with Crippen molar-refractivity contribution >= 4 is 21.8 Å². The molecule has 208 valence electrons. The van der Waals surface area contributed by atoms with Crippen molar-refractivity contribution in [3.05, 3.63) is 77.4 Å². The summed E-state index contributed by atoms with van der Waals surface area (Å²) in [5, 5.41) is 9.73. The van der Waals surface area contributed by atoms with Gasteiger partial charge in [-0.15, -0.1) is 0 Å². The zero-order chi connectivity index (χ0) is 28.2. The van der Waals surface area contributed by atoms with Gasteiger partial charge in [-0.05, 0) is 55.5 Å². The van der Waals surface area contributed by atoms with Crippen LogP contribution in [0.4, 0.5) is 18.9 Å². The highest BCUT2D eigenvalue weighted by Crippen LogP contribution is 2.30. The van der Waals surface area contributed by atoms with Crippen molar-refractivity contribution in [2.75, 3.05) is 18.0 Å². The van der Waals surface area contributed by atoms with E-state index >= 15 is 0 Å². The summed E-state index contributed by atoms with van der Waals surface area (Å²) >= 11 is 0. The van der Waals surface area contributed by atoms with E-state index in [0.717, 1.165) is 18.4 Å². The number of ether oxygens (including phenoxy) is 1. The highest BCUT2D eigenvalue weighted by atomic mass is 32.2. The molecule has 0 aliphatic carbocycles. The summed E-state index contributed by atoms with van der Waals surface area (Å²) < 4.78 is 69.8. The van der Waals surface area contributed by atoms with E-state index in [1.165, 1.54) is 24.3 Å². The number of carboxylic acids is 1. The Labute approximate surface area is 223 Å². The lowest BCUT2D eigenvalue weighted by atomic mass is 9.93. The minimum Gasteiger partial charge on any atom is -0.484 e. The highest BCUT2D eigenvalue weighted by Gasteiger charge is 2.48. The minimum absolute atomic E-state index is 0.139. The van der Waals surface area contributed by atoms with Gasteiger partial charge in [0.2, 0.25) is 0 Å². The number of nitrogens with zero attached hydrogens (tertiary/aromatic N) is 3. The Balaban J connectivity index is 1.36. The number of aromatic carboxylic acids is 1. The molecule has 13 heteroatoms. The van der Waals surface area contributed by atoms with Gasteiger partial charge in [-0.2, -0.15) is 21.6 Å². The second-order valence-corrected chi connectivity index (χ2v) is 10.6. The summed E-state index contributed by atoms with van der Waals surface area (Å²) in [5.74, 6) is -0.875. The Bertz CT molecular complexity index is 1410. The zero-order valence-corrected chi connectivity index (χ0v) is 21.7. The average molecular weight is 566 g/mol. The largest absolute Gasteiger partial charge is 0.534 e. The van der Waals surface area contributed by atoms with E-state index in [9.17, 15) is 31.5 Å². The molecule has 0 amide bonds. The summed E-state index contributed by atoms with van der Waals surface area (Å²) in [5.41, 5.74) is -3.64. The third-order valence-electron chi connectivity index (χ3n) is 6.29. The van der Waals surface area contributed by atoms with Crippen LogP contribution in [0.2, 0.25) is 0 Å². The maximum Gasteiger partial charge on any atom is 0.534 e. The Kier molecular flexibility index (Phi) is 8.28. The molecule has 0 bridgehead atoms. The molecule has 1 N–H and O–H groups in total. The van der Waals surface area contributed by atoms with E-state index in [1.807, 2.05) is 35.2 Å². The molecule has 3 aromatic rings. The maximum atomic E-state index is 12.5. The first-order valence-corrected chi connectivity index (χ1v) is 13.5. The van der Waals surface area contributed by atoms with Gasteiger partial charge in [0.15, 0.2) is 11.4 Å². The van der Waals surface area contributed by atoms with Crippen molar-refractivity contribution in [1.82, 2.24) is 9.97 Å². The number of carboxylic acid groups (broad SMARTS) is 1. The number of carbonyl (C=O) groups is 1. The van der Waals surface area contributed by atoms with Crippen molar-refractivity contribution < 1.29 is 40.4 Å². The molecule has 0 atom stereocenters. The van der Waals surface area contributed by atoms with Crippen LogP contribution < -0.4 is 13.8 Å². The van der Waals surface area contributed by atoms with Crippen molar-refractivity contribution in [2.24, 2.45) is 5.92 Å². The zero-order valence-electron chi connectivity index (χ0n) is 20.9. The van der Waals surface area contributed by atoms with Crippen molar-refractivity contribution in [2.45, 2.75) is 38.3 Å². The number of piperidine rings is 1. The van der Waals surface area contributed by atoms with Crippen molar-refractivity contribution in [1.29, 1.82) is 0 Å². The molecular weight excluding hydrogens is 539 g/mol. The van der Waals surface area contributed by atoms with Crippen LogP contribution in [0.5, 0.6) is 11.5 Å². The molecule has 1 saturated heterocycles. The first-order valence-electron chi connectivity index (χ1n) is 12.1. The Morgan fingerprint density at radius 3 is 2.28 bits per heavy atom. The number of hydrogen-bond donors (Lipinski definition) is 1. The molecule has 1 aromatic heterocycles. The SMILES string of the molecule is Cc1nc(CC2CCN(c3ccc(OS(=O)(=O)C(F)(F)F)cc3)CC2)nc(C(=O)O)c1OCc1ccccc1. The van der Waals surface area contributed by atoms with E-state index in [1.54, 1.807) is 6.92 Å². The van der Waals surface area contributed by atoms with Crippen molar-refractivity contribution in [3.8, 4) is 11.5 Å². The van der Waals surface area contributed by atoms with Gasteiger partial charge < -0.3 is 18.9 Å². The number of benzene rings is 2. The van der Waals surface area contributed by atoms with E-state index in [2.05, 4.69) is 14.2 Å². The Morgan fingerprint density at radius 2 is 1.69 bits per heavy atom. The second-order valence-electron chi connectivity index (χ2n) is 9.09. The summed E-state index contributed by atoms with van der Waals surface area (Å²) in [6.07, 6.45) is 1.98. The fraction of sp³-hybridized carbons (Fsp3) is 0.346. The monoisotopic (exact) mass is 565 g/mol. The smallest absolute Gasteiger partial charge is 0.484 e. The molecule has 1 aliphatic heterocycles. The molecule has 0 unspecified atom stereocenters. The molecular formula is C26H26F3N3O6S. The third kappa shape index (κ3) is 6.96. The summed E-state index contributed by atoms with van der Waals surface area (Å²) in [6, 6.07) is 14.7. The second kappa shape index (κ2) is 11.5. The number of hydrogen-bond acceptors (Lipinski definition) is 8. The normalized spacial score (nSPS) is 14.7. The van der Waals surface area contributed by atoms with Gasteiger partial charge in [0, 0.05) is 25.2 Å². The molecule has 0 saturated carbocycles. The maximum absolute atomic E-state index is 12.5. The quantitative estimate of drug-likeness (QED) is 0.290. The average Bonchev–Trinajstić information content (AvgIpc) is 2.88. The fourth-order valence-electron chi connectivity index (χ4n) is 4.30. The fourth-order valence-corrected chi connectivity index (χ4v) is 4.76. The van der Waals surface area contributed by atoms with Gasteiger partial charge in [0.25, 0.3) is 0 Å². The summed E-state index contributed by atoms with van der Waals surface area (Å²) in [7, 11) is -5.73. The summed E-state index contributed by atoms with van der Waals surface area (Å²) in [6.45, 7) is 3.14. The molecule has 0 spiro atoms. The Morgan fingerprint density at radius 1 is 1.05 bits per heavy atom. The highest BCUT2D eigenvalue weighted by molar-refractivity contribution is 7.88. The van der Waals surface area contributed by atoms with Crippen LogP contribution in [0.3, 0.4) is 0 Å². The van der Waals surface area contributed by atoms with Crippen LogP contribution in [0, 0.1) is 12.8 Å². The van der Waals surface area contributed by atoms with Crippen LogP contribution >= 0.6 is 0 Å². The molecule has 39 heavy (non-hydrogen) atoms. The standard InChI is InChI=1S/C26H26F3N3O6S/c1-17-24(37-16-19-5-3-2-4-6-19)23(25(33)34)31-22(30-17)15-18-11-13-32(14-12-18)20-7-9-21(10-8-20)38-39(35,36)26(27,28)29/h2-10,18H,11-16H2,1H3,(H,33,34). The van der Waals surface area contributed by atoms with Crippen LogP contribution in [-0.4, -0.2) is 48.1 Å². The van der Waals surface area contributed by atoms with Crippen LogP contribution in [0.1, 0.15) is 40.4 Å². The van der Waals surface area contributed by atoms with E-state index < -0.39 is 27.3 Å². The van der Waals surface area contributed by atoms with Gasteiger partial charge in [-0.1, -0.05) is 30.3 Å². The summed E-state index contributed by atoms with van der Waals surface area (Å²) in [4.78, 5) is 22.7. The minimum atomic E-state index is -5.73. The lowest BCUT2D eigenvalue weighted by Crippen LogP contribution is -2.34. The van der Waals surface area contributed by atoms with Gasteiger partial charge >= 0.3 is 21.6 Å². The molecule has 4 rings (SSSR count). The van der Waals surface area contributed by atoms with E-state index in [-0.39, 0.29) is 24.0 Å². The van der Waals surface area contributed by atoms with Crippen LogP contribution in [0.15, 0.2) is 54.6 Å². The van der Waals surface area contributed by atoms with Gasteiger partial charge in [0.05, 0.1) is 5.69 Å². The van der Waals surface area contributed by atoms with Gasteiger partial charge in [0.1, 0.15) is 18.2 Å². The number of halogens is 3. The number of aryl methyl sites for hydroxylation is 1. The lowest BCUT2D eigenvalue weighted by molar-refractivity contribution is -0.0500. The molecule has 1 fully saturated rings. The molecule has 1 aliphatic rings. The number of alkyl halides is 3. The third-order valence-corrected chi connectivity index (χ3v) is 7.27. The van der Waals surface area contributed by atoms with Crippen molar-refractivity contribution in [3.63, 3.8) is 0 Å². The van der Waals surface area contributed by atoms with E-state index in [0.29, 0.717) is 36.7 Å². The first kappa shape index (κ1) is 28.1. The number of aromatic nitrogens is 2. The first-order chi connectivity index (χ1) is 18.4. The molecule has 0 radical (unpaired) electrons. The Hall–Kier alpha value is -3.87. The molecule has 2 aromatic carbocycles.